The van der Waals surface area contributed by atoms with Gasteiger partial charge in [0, 0.05) is 13.0 Å². The highest BCUT2D eigenvalue weighted by Crippen LogP contribution is 2.28. The van der Waals surface area contributed by atoms with Crippen LogP contribution in [0.15, 0.2) is 12.1 Å². The number of rotatable bonds is 7. The maximum absolute atomic E-state index is 13.8. The number of aryl methyl sites for hydroxylation is 4. The van der Waals surface area contributed by atoms with Crippen molar-refractivity contribution >= 4 is 27.0 Å². The maximum atomic E-state index is 13.8. The summed E-state index contributed by atoms with van der Waals surface area (Å²) in [6.45, 7) is 2.40. The van der Waals surface area contributed by atoms with Crippen LogP contribution in [0.5, 0.6) is 0 Å². The largest absolute Gasteiger partial charge is 0.382 e. The zero-order valence-corrected chi connectivity index (χ0v) is 17.9. The van der Waals surface area contributed by atoms with Crippen molar-refractivity contribution in [2.24, 2.45) is 0 Å². The number of benzene rings is 1. The lowest BCUT2D eigenvalue weighted by atomic mass is 9.98. The van der Waals surface area contributed by atoms with Gasteiger partial charge >= 0.3 is 6.08 Å². The van der Waals surface area contributed by atoms with E-state index in [4.69, 9.17) is 5.73 Å². The lowest BCUT2D eigenvalue weighted by Crippen LogP contribution is -2.23. The van der Waals surface area contributed by atoms with Crippen LogP contribution in [0.2, 0.25) is 0 Å². The summed E-state index contributed by atoms with van der Waals surface area (Å²) in [5, 5.41) is 0. The summed E-state index contributed by atoms with van der Waals surface area (Å²) in [5.74, 6) is 0.592. The van der Waals surface area contributed by atoms with Crippen LogP contribution in [0.1, 0.15) is 40.9 Å². The van der Waals surface area contributed by atoms with E-state index >= 15 is 0 Å². The van der Waals surface area contributed by atoms with Crippen molar-refractivity contribution < 1.29 is 12.8 Å². The topological polar surface area (TPSA) is 116 Å². The smallest absolute Gasteiger partial charge is 0.312 e. The van der Waals surface area contributed by atoms with Crippen molar-refractivity contribution in [2.45, 2.75) is 45.6 Å². The highest BCUT2D eigenvalue weighted by Gasteiger charge is 2.20. The fraction of sp³-hybridized carbons (Fsp3) is 0.450. The van der Waals surface area contributed by atoms with E-state index in [2.05, 4.69) is 38.7 Å². The standard InChI is InChI=1S/C20H25FN6O2S/c1-12-9-13-5-3-6-14(13)10-15(12)11-16-24-17-18(22)25-20(21)26-19(17)27(16)7-4-8-30(28,29)23-2/h9-10,23H,3-8,11H2,1-2H3,(H2,22,25,26). The summed E-state index contributed by atoms with van der Waals surface area (Å²) in [6, 6.07) is 4.46. The van der Waals surface area contributed by atoms with Crippen LogP contribution >= 0.6 is 0 Å². The van der Waals surface area contributed by atoms with Gasteiger partial charge in [-0.2, -0.15) is 14.4 Å². The third-order valence-electron chi connectivity index (χ3n) is 5.68. The molecular weight excluding hydrogens is 407 g/mol. The van der Waals surface area contributed by atoms with E-state index < -0.39 is 16.1 Å². The predicted molar refractivity (Wildman–Crippen MR) is 113 cm³/mol. The molecule has 30 heavy (non-hydrogen) atoms. The van der Waals surface area contributed by atoms with Gasteiger partial charge in [-0.3, -0.25) is 0 Å². The number of fused-ring (bicyclic) bond motifs is 2. The Kier molecular flexibility index (Phi) is 5.46. The minimum atomic E-state index is -3.34. The van der Waals surface area contributed by atoms with Gasteiger partial charge in [0.25, 0.3) is 0 Å². The summed E-state index contributed by atoms with van der Waals surface area (Å²) in [7, 11) is -1.96. The second-order valence-electron chi connectivity index (χ2n) is 7.68. The van der Waals surface area contributed by atoms with E-state index in [9.17, 15) is 12.8 Å². The molecule has 3 N–H and O–H groups in total. The van der Waals surface area contributed by atoms with Crippen LogP contribution in [0.25, 0.3) is 11.2 Å². The summed E-state index contributed by atoms with van der Waals surface area (Å²) in [5.41, 5.74) is 11.6. The number of aromatic nitrogens is 4. The number of anilines is 1. The Morgan fingerprint density at radius 2 is 1.93 bits per heavy atom. The second kappa shape index (κ2) is 7.92. The fourth-order valence-electron chi connectivity index (χ4n) is 4.08. The number of halogens is 1. The number of nitrogens with one attached hydrogen (secondary N) is 1. The van der Waals surface area contributed by atoms with Gasteiger partial charge in [-0.05, 0) is 61.9 Å². The van der Waals surface area contributed by atoms with Crippen molar-refractivity contribution in [3.8, 4) is 0 Å². The Morgan fingerprint density at radius 1 is 1.20 bits per heavy atom. The molecule has 0 bridgehead atoms. The van der Waals surface area contributed by atoms with Gasteiger partial charge in [-0.15, -0.1) is 0 Å². The normalized spacial score (nSPS) is 13.8. The van der Waals surface area contributed by atoms with E-state index in [1.165, 1.54) is 30.2 Å². The van der Waals surface area contributed by atoms with Gasteiger partial charge in [0.15, 0.2) is 17.0 Å². The van der Waals surface area contributed by atoms with Crippen LogP contribution in [0.4, 0.5) is 10.2 Å². The third-order valence-corrected chi connectivity index (χ3v) is 7.13. The van der Waals surface area contributed by atoms with Crippen molar-refractivity contribution in [3.05, 3.63) is 46.3 Å². The van der Waals surface area contributed by atoms with Gasteiger partial charge in [-0.25, -0.2) is 18.1 Å². The Bertz CT molecular complexity index is 1220. The van der Waals surface area contributed by atoms with Crippen molar-refractivity contribution in [3.63, 3.8) is 0 Å². The molecule has 0 atom stereocenters. The average Bonchev–Trinajstić information content (AvgIpc) is 3.27. The number of hydrogen-bond acceptors (Lipinski definition) is 6. The molecule has 1 aliphatic carbocycles. The number of hydrogen-bond donors (Lipinski definition) is 2. The molecule has 2 aromatic heterocycles. The molecule has 2 heterocycles. The summed E-state index contributed by atoms with van der Waals surface area (Å²) < 4.78 is 41.5. The molecule has 160 valence electrons. The van der Waals surface area contributed by atoms with Gasteiger partial charge in [-0.1, -0.05) is 12.1 Å². The van der Waals surface area contributed by atoms with Gasteiger partial charge in [0.2, 0.25) is 10.0 Å². The summed E-state index contributed by atoms with van der Waals surface area (Å²) in [4.78, 5) is 12.1. The maximum Gasteiger partial charge on any atom is 0.312 e. The first-order valence-corrected chi connectivity index (χ1v) is 11.6. The molecule has 0 spiro atoms. The molecule has 0 aliphatic heterocycles. The Hall–Kier alpha value is -2.59. The van der Waals surface area contributed by atoms with Gasteiger partial charge in [0.05, 0.1) is 5.75 Å². The number of imidazole rings is 1. The van der Waals surface area contributed by atoms with E-state index in [0.717, 1.165) is 18.4 Å². The molecule has 3 aromatic rings. The number of nitrogens with two attached hydrogens (primary N) is 1. The van der Waals surface area contributed by atoms with Gasteiger partial charge < -0.3 is 10.3 Å². The van der Waals surface area contributed by atoms with Crippen molar-refractivity contribution in [2.75, 3.05) is 18.5 Å². The monoisotopic (exact) mass is 432 g/mol. The zero-order valence-electron chi connectivity index (χ0n) is 17.1. The number of sulfonamides is 1. The molecule has 0 amide bonds. The molecule has 10 heteroatoms. The summed E-state index contributed by atoms with van der Waals surface area (Å²) in [6.07, 6.45) is 3.28. The quantitative estimate of drug-likeness (QED) is 0.551. The SMILES string of the molecule is CNS(=O)(=O)CCCn1c(Cc2cc3c(cc2C)CCC3)nc2c(N)nc(F)nc21. The molecule has 0 radical (unpaired) electrons. The van der Waals surface area contributed by atoms with E-state index in [1.54, 1.807) is 4.57 Å². The molecule has 0 unspecified atom stereocenters. The average molecular weight is 433 g/mol. The zero-order chi connectivity index (χ0) is 21.5. The number of nitrogens with zero attached hydrogens (tertiary/aromatic N) is 4. The minimum Gasteiger partial charge on any atom is -0.382 e. The van der Waals surface area contributed by atoms with E-state index in [1.807, 2.05) is 0 Å². The van der Waals surface area contributed by atoms with Crippen molar-refractivity contribution in [1.29, 1.82) is 0 Å². The first-order chi connectivity index (χ1) is 14.3. The Labute approximate surface area is 174 Å². The molecule has 0 saturated heterocycles. The lowest BCUT2D eigenvalue weighted by Gasteiger charge is -2.12. The first-order valence-electron chi connectivity index (χ1n) is 9.98. The molecule has 8 nitrogen and oxygen atoms in total. The molecule has 0 fully saturated rings. The predicted octanol–water partition coefficient (Wildman–Crippen LogP) is 1.87. The van der Waals surface area contributed by atoms with Crippen LogP contribution in [0.3, 0.4) is 0 Å². The molecule has 1 aliphatic rings. The van der Waals surface area contributed by atoms with Crippen LogP contribution in [-0.4, -0.2) is 40.7 Å². The van der Waals surface area contributed by atoms with E-state index in [-0.39, 0.29) is 17.2 Å². The highest BCUT2D eigenvalue weighted by atomic mass is 32.2. The van der Waals surface area contributed by atoms with Gasteiger partial charge in [0.1, 0.15) is 5.82 Å². The molecule has 1 aromatic carbocycles. The van der Waals surface area contributed by atoms with E-state index in [0.29, 0.717) is 30.7 Å². The lowest BCUT2D eigenvalue weighted by molar-refractivity contribution is 0.540. The van der Waals surface area contributed by atoms with Crippen LogP contribution in [-0.2, 0) is 35.8 Å². The number of nitrogen functional groups attached to an aromatic ring is 1. The fourth-order valence-corrected chi connectivity index (χ4v) is 4.80. The summed E-state index contributed by atoms with van der Waals surface area (Å²) >= 11 is 0. The Balaban J connectivity index is 1.72. The third kappa shape index (κ3) is 4.01. The second-order valence-corrected chi connectivity index (χ2v) is 9.73. The first kappa shape index (κ1) is 20.7. The van der Waals surface area contributed by atoms with Crippen LogP contribution < -0.4 is 10.5 Å². The van der Waals surface area contributed by atoms with Crippen LogP contribution in [0, 0.1) is 13.0 Å². The van der Waals surface area contributed by atoms with Crippen molar-refractivity contribution in [1.82, 2.24) is 24.2 Å². The highest BCUT2D eigenvalue weighted by molar-refractivity contribution is 7.89. The minimum absolute atomic E-state index is 0.0222. The molecule has 0 saturated carbocycles. The molecule has 4 rings (SSSR count). The molecular formula is C20H25FN6O2S. The Morgan fingerprint density at radius 3 is 2.67 bits per heavy atom.